The summed E-state index contributed by atoms with van der Waals surface area (Å²) in [5.41, 5.74) is 2.35. The second-order valence-corrected chi connectivity index (χ2v) is 3.14. The first kappa shape index (κ1) is 9.45. The Morgan fingerprint density at radius 3 is 2.64 bits per heavy atom. The number of benzene rings is 2. The Bertz CT molecular complexity index is 500. The van der Waals surface area contributed by atoms with Gasteiger partial charge in [0.05, 0.1) is 5.39 Å². The smallest absolute Gasteiger partial charge is 0.240 e. The number of hydrogen-bond acceptors (Lipinski definition) is 1. The van der Waals surface area contributed by atoms with Crippen LogP contribution >= 0.6 is 0 Å². The van der Waals surface area contributed by atoms with Crippen LogP contribution in [0.3, 0.4) is 0 Å². The van der Waals surface area contributed by atoms with Crippen LogP contribution in [0.5, 0.6) is 0 Å². The van der Waals surface area contributed by atoms with Crippen molar-refractivity contribution in [1.82, 2.24) is 0 Å². The number of hydrogen-bond donors (Lipinski definition) is 2. The van der Waals surface area contributed by atoms with Gasteiger partial charge in [0.15, 0.2) is 0 Å². The van der Waals surface area contributed by atoms with Crippen molar-refractivity contribution >= 4 is 28.5 Å². The monoisotopic (exact) mass is 296 g/mol. The minimum atomic E-state index is 0. The highest BCUT2D eigenvalue weighted by molar-refractivity contribution is 6.04. The van der Waals surface area contributed by atoms with Crippen molar-refractivity contribution in [2.24, 2.45) is 0 Å². The molecule has 70 valence electrons. The molecule has 0 spiro atoms. The van der Waals surface area contributed by atoms with Gasteiger partial charge in [0.1, 0.15) is 11.4 Å². The van der Waals surface area contributed by atoms with Gasteiger partial charge in [-0.1, -0.05) is 24.3 Å². The molecule has 0 unspecified atom stereocenters. The van der Waals surface area contributed by atoms with E-state index in [9.17, 15) is 0 Å². The summed E-state index contributed by atoms with van der Waals surface area (Å²) >= 11 is 0. The van der Waals surface area contributed by atoms with Gasteiger partial charge in [0.25, 0.3) is 0 Å². The summed E-state index contributed by atoms with van der Waals surface area (Å²) in [6.07, 6.45) is 1.86. The number of rotatable bonds is 0. The molecule has 0 amide bonds. The fourth-order valence-electron chi connectivity index (χ4n) is 1.77. The highest BCUT2D eigenvalue weighted by atomic mass is 127. The standard InChI is InChI=1S/C11H8N2.HI/c1-3-8-4-2-6-10-11(8)9(5-1)12-7-13-10;/h1-7H,(H,12,13);1H. The first-order valence-corrected chi connectivity index (χ1v) is 4.32. The van der Waals surface area contributed by atoms with Gasteiger partial charge in [-0.05, 0) is 17.5 Å². The largest absolute Gasteiger partial charge is 1.00 e. The molecule has 3 rings (SSSR count). The molecule has 0 fully saturated rings. The Hall–Kier alpha value is -1.10. The minimum absolute atomic E-state index is 0. The van der Waals surface area contributed by atoms with Crippen LogP contribution in [0.1, 0.15) is 0 Å². The zero-order valence-electron chi connectivity index (χ0n) is 7.42. The van der Waals surface area contributed by atoms with Gasteiger partial charge >= 0.3 is 0 Å². The van der Waals surface area contributed by atoms with E-state index < -0.39 is 0 Å². The molecule has 14 heavy (non-hydrogen) atoms. The molecular weight excluding hydrogens is 287 g/mol. The summed E-state index contributed by atoms with van der Waals surface area (Å²) in [5, 5.41) is 5.73. The van der Waals surface area contributed by atoms with Gasteiger partial charge in [0.2, 0.25) is 6.34 Å². The van der Waals surface area contributed by atoms with Gasteiger partial charge in [-0.2, -0.15) is 0 Å². The minimum Gasteiger partial charge on any atom is -1.00 e. The van der Waals surface area contributed by atoms with Gasteiger partial charge in [-0.15, -0.1) is 0 Å². The molecular formula is C11H9IN2. The lowest BCUT2D eigenvalue weighted by Gasteiger charge is -2.07. The first-order valence-electron chi connectivity index (χ1n) is 4.32. The predicted molar refractivity (Wildman–Crippen MR) is 54.3 cm³/mol. The lowest BCUT2D eigenvalue weighted by molar-refractivity contribution is -0.346. The molecule has 2 aromatic carbocycles. The van der Waals surface area contributed by atoms with Gasteiger partial charge in [-0.25, -0.2) is 10.3 Å². The maximum atomic E-state index is 3.19. The molecule has 0 bridgehead atoms. The molecule has 0 saturated heterocycles. The summed E-state index contributed by atoms with van der Waals surface area (Å²) in [6, 6.07) is 12.5. The maximum absolute atomic E-state index is 3.19. The SMILES string of the molecule is C1=[NH+]c2cccc3cccc(c23)N1.[I-]. The summed E-state index contributed by atoms with van der Waals surface area (Å²) in [5.74, 6) is 0. The van der Waals surface area contributed by atoms with Crippen LogP contribution in [-0.4, -0.2) is 6.34 Å². The number of nitrogens with one attached hydrogen (secondary N) is 2. The van der Waals surface area contributed by atoms with Crippen LogP contribution in [0.4, 0.5) is 11.4 Å². The fraction of sp³-hybridized carbons (Fsp3) is 0. The second-order valence-electron chi connectivity index (χ2n) is 3.14. The van der Waals surface area contributed by atoms with E-state index in [4.69, 9.17) is 0 Å². The van der Waals surface area contributed by atoms with E-state index >= 15 is 0 Å². The molecule has 0 aliphatic carbocycles. The highest BCUT2D eigenvalue weighted by Crippen LogP contribution is 2.28. The second kappa shape index (κ2) is 3.57. The number of halogens is 1. The van der Waals surface area contributed by atoms with Crippen molar-refractivity contribution in [3.05, 3.63) is 36.4 Å². The van der Waals surface area contributed by atoms with E-state index in [0.29, 0.717) is 0 Å². The van der Waals surface area contributed by atoms with Crippen molar-refractivity contribution in [3.63, 3.8) is 0 Å². The lowest BCUT2D eigenvalue weighted by atomic mass is 10.1. The van der Waals surface area contributed by atoms with Crippen LogP contribution in [0.25, 0.3) is 10.8 Å². The van der Waals surface area contributed by atoms with Crippen LogP contribution in [-0.2, 0) is 0 Å². The average molecular weight is 296 g/mol. The van der Waals surface area contributed by atoms with Gasteiger partial charge in [-0.3, -0.25) is 0 Å². The third-order valence-electron chi connectivity index (χ3n) is 2.36. The average Bonchev–Trinajstić information content (AvgIpc) is 2.19. The Morgan fingerprint density at radius 2 is 1.79 bits per heavy atom. The molecule has 1 heterocycles. The van der Waals surface area contributed by atoms with E-state index in [1.165, 1.54) is 22.1 Å². The molecule has 0 saturated carbocycles. The molecule has 0 radical (unpaired) electrons. The van der Waals surface area contributed by atoms with Gasteiger partial charge in [0, 0.05) is 0 Å². The summed E-state index contributed by atoms with van der Waals surface area (Å²) in [4.78, 5) is 3.19. The molecule has 0 aromatic heterocycles. The van der Waals surface area contributed by atoms with Crippen molar-refractivity contribution < 1.29 is 29.0 Å². The van der Waals surface area contributed by atoms with E-state index in [1.54, 1.807) is 0 Å². The topological polar surface area (TPSA) is 26.0 Å². The Morgan fingerprint density at radius 1 is 1.00 bits per heavy atom. The fourth-order valence-corrected chi connectivity index (χ4v) is 1.77. The third kappa shape index (κ3) is 1.28. The molecule has 1 aliphatic heterocycles. The zero-order chi connectivity index (χ0) is 8.67. The Kier molecular flexibility index (Phi) is 2.41. The van der Waals surface area contributed by atoms with Crippen molar-refractivity contribution in [2.75, 3.05) is 5.32 Å². The van der Waals surface area contributed by atoms with Crippen molar-refractivity contribution in [1.29, 1.82) is 0 Å². The highest BCUT2D eigenvalue weighted by Gasteiger charge is 2.11. The maximum Gasteiger partial charge on any atom is 0.240 e. The third-order valence-corrected chi connectivity index (χ3v) is 2.36. The van der Waals surface area contributed by atoms with Crippen LogP contribution in [0.15, 0.2) is 36.4 Å². The van der Waals surface area contributed by atoms with Crippen LogP contribution in [0.2, 0.25) is 0 Å². The van der Waals surface area contributed by atoms with E-state index in [1.807, 2.05) is 6.34 Å². The molecule has 1 aliphatic rings. The quantitative estimate of drug-likeness (QED) is 0.541. The summed E-state index contributed by atoms with van der Waals surface area (Å²) in [6.45, 7) is 0. The normalized spacial score (nSPS) is 12.0. The molecule has 3 heteroatoms. The molecule has 2 nitrogen and oxygen atoms in total. The van der Waals surface area contributed by atoms with Crippen molar-refractivity contribution in [3.8, 4) is 0 Å². The summed E-state index contributed by atoms with van der Waals surface area (Å²) in [7, 11) is 0. The summed E-state index contributed by atoms with van der Waals surface area (Å²) < 4.78 is 0. The van der Waals surface area contributed by atoms with E-state index in [0.717, 1.165) is 0 Å². The van der Waals surface area contributed by atoms with E-state index in [2.05, 4.69) is 46.7 Å². The number of anilines is 1. The molecule has 2 N–H and O–H groups in total. The van der Waals surface area contributed by atoms with E-state index in [-0.39, 0.29) is 24.0 Å². The molecule has 2 aromatic rings. The van der Waals surface area contributed by atoms with Crippen LogP contribution in [0, 0.1) is 0 Å². The zero-order valence-corrected chi connectivity index (χ0v) is 9.58. The lowest BCUT2D eigenvalue weighted by Crippen LogP contribution is -3.00. The Labute approximate surface area is 99.1 Å². The Balaban J connectivity index is 0.000000750. The predicted octanol–water partition coefficient (Wildman–Crippen LogP) is -1.99. The van der Waals surface area contributed by atoms with Crippen LogP contribution < -0.4 is 34.3 Å². The molecule has 0 atom stereocenters. The first-order chi connectivity index (χ1) is 6.45. The van der Waals surface area contributed by atoms with Gasteiger partial charge < -0.3 is 24.0 Å². The van der Waals surface area contributed by atoms with Crippen molar-refractivity contribution in [2.45, 2.75) is 0 Å².